The first-order valence-electron chi connectivity index (χ1n) is 4.06. The zero-order valence-corrected chi connectivity index (χ0v) is 9.94. The monoisotopic (exact) mass is 252 g/mol. The molecule has 0 atom stereocenters. The lowest BCUT2D eigenvalue weighted by atomic mass is 10.3. The van der Waals surface area contributed by atoms with Crippen LogP contribution < -0.4 is 5.32 Å². The Bertz CT molecular complexity index is 270. The molecule has 0 unspecified atom stereocenters. The third kappa shape index (κ3) is 6.28. The zero-order valence-electron chi connectivity index (χ0n) is 8.30. The molecule has 6 heteroatoms. The van der Waals surface area contributed by atoms with E-state index in [1.54, 1.807) is 25.4 Å². The topological polar surface area (TPSA) is 51.2 Å². The van der Waals surface area contributed by atoms with Crippen molar-refractivity contribution >= 4 is 30.8 Å². The lowest BCUT2D eigenvalue weighted by Gasteiger charge is -2.02. The quantitative estimate of drug-likeness (QED) is 0.649. The Morgan fingerprint density at radius 3 is 2.80 bits per heavy atom. The SMILES string of the molecule is CNCCOC(=O)c1cccnc1.Cl.Cl. The average Bonchev–Trinajstić information content (AvgIpc) is 2.19. The van der Waals surface area contributed by atoms with Gasteiger partial charge in [0.2, 0.25) is 0 Å². The molecule has 1 aromatic heterocycles. The van der Waals surface area contributed by atoms with E-state index in [9.17, 15) is 4.79 Å². The highest BCUT2D eigenvalue weighted by Gasteiger charge is 2.04. The van der Waals surface area contributed by atoms with Crippen LogP contribution in [-0.2, 0) is 4.74 Å². The van der Waals surface area contributed by atoms with E-state index >= 15 is 0 Å². The molecule has 86 valence electrons. The molecule has 4 nitrogen and oxygen atoms in total. The summed E-state index contributed by atoms with van der Waals surface area (Å²) in [7, 11) is 1.80. The molecule has 0 aliphatic heterocycles. The van der Waals surface area contributed by atoms with Crippen molar-refractivity contribution in [3.05, 3.63) is 30.1 Å². The Balaban J connectivity index is 0. The van der Waals surface area contributed by atoms with Gasteiger partial charge in [-0.1, -0.05) is 0 Å². The highest BCUT2D eigenvalue weighted by Crippen LogP contribution is 1.97. The van der Waals surface area contributed by atoms with Crippen LogP contribution in [0.15, 0.2) is 24.5 Å². The number of esters is 1. The van der Waals surface area contributed by atoms with Crippen LogP contribution >= 0.6 is 24.8 Å². The fraction of sp³-hybridized carbons (Fsp3) is 0.333. The van der Waals surface area contributed by atoms with Gasteiger partial charge in [0.1, 0.15) is 6.61 Å². The van der Waals surface area contributed by atoms with E-state index in [4.69, 9.17) is 4.74 Å². The number of hydrogen-bond donors (Lipinski definition) is 1. The maximum atomic E-state index is 11.2. The average molecular weight is 253 g/mol. The number of ether oxygens (including phenoxy) is 1. The largest absolute Gasteiger partial charge is 0.461 e. The molecule has 0 aromatic carbocycles. The van der Waals surface area contributed by atoms with Crippen LogP contribution in [0.1, 0.15) is 10.4 Å². The van der Waals surface area contributed by atoms with Crippen LogP contribution in [0, 0.1) is 0 Å². The van der Waals surface area contributed by atoms with E-state index in [2.05, 4.69) is 10.3 Å². The number of likely N-dealkylation sites (N-methyl/N-ethyl adjacent to an activating group) is 1. The molecule has 0 aliphatic rings. The third-order valence-corrected chi connectivity index (χ3v) is 1.48. The fourth-order valence-electron chi connectivity index (χ4n) is 0.813. The molecule has 0 fully saturated rings. The summed E-state index contributed by atoms with van der Waals surface area (Å²) in [6.07, 6.45) is 3.10. The second kappa shape index (κ2) is 9.71. The number of nitrogens with one attached hydrogen (secondary N) is 1. The predicted octanol–water partition coefficient (Wildman–Crippen LogP) is 1.30. The van der Waals surface area contributed by atoms with Crippen molar-refractivity contribution in [3.63, 3.8) is 0 Å². The summed E-state index contributed by atoms with van der Waals surface area (Å²) in [6.45, 7) is 1.04. The zero-order chi connectivity index (χ0) is 9.52. The normalized spacial score (nSPS) is 8.33. The summed E-state index contributed by atoms with van der Waals surface area (Å²) >= 11 is 0. The molecule has 1 rings (SSSR count). The van der Waals surface area contributed by atoms with Gasteiger partial charge in [-0.3, -0.25) is 4.98 Å². The molecule has 0 aliphatic carbocycles. The van der Waals surface area contributed by atoms with Gasteiger partial charge in [0, 0.05) is 18.9 Å². The van der Waals surface area contributed by atoms with Crippen molar-refractivity contribution in [2.45, 2.75) is 0 Å². The van der Waals surface area contributed by atoms with Gasteiger partial charge in [-0.15, -0.1) is 24.8 Å². The molecule has 15 heavy (non-hydrogen) atoms. The summed E-state index contributed by atoms with van der Waals surface area (Å²) in [4.78, 5) is 15.0. The maximum Gasteiger partial charge on any atom is 0.339 e. The Labute approximate surface area is 101 Å². The maximum absolute atomic E-state index is 11.2. The van der Waals surface area contributed by atoms with E-state index in [-0.39, 0.29) is 30.8 Å². The minimum absolute atomic E-state index is 0. The van der Waals surface area contributed by atoms with Gasteiger partial charge in [-0.25, -0.2) is 4.79 Å². The Hall–Kier alpha value is -0.840. The van der Waals surface area contributed by atoms with Gasteiger partial charge in [0.25, 0.3) is 0 Å². The molecule has 0 bridgehead atoms. The first kappa shape index (κ1) is 16.6. The highest BCUT2D eigenvalue weighted by atomic mass is 35.5. The van der Waals surface area contributed by atoms with Gasteiger partial charge in [-0.2, -0.15) is 0 Å². The number of hydrogen-bond acceptors (Lipinski definition) is 4. The van der Waals surface area contributed by atoms with Crippen LogP contribution in [-0.4, -0.2) is 31.2 Å². The molecule has 1 aromatic rings. The molecule has 1 N–H and O–H groups in total. The van der Waals surface area contributed by atoms with Crippen molar-refractivity contribution in [1.82, 2.24) is 10.3 Å². The molecule has 0 spiro atoms. The van der Waals surface area contributed by atoms with Crippen molar-refractivity contribution in [2.75, 3.05) is 20.2 Å². The second-order valence-electron chi connectivity index (χ2n) is 2.48. The van der Waals surface area contributed by atoms with E-state index in [0.717, 1.165) is 0 Å². The van der Waals surface area contributed by atoms with Gasteiger partial charge < -0.3 is 10.1 Å². The molecule has 0 radical (unpaired) electrons. The minimum atomic E-state index is -0.330. The van der Waals surface area contributed by atoms with E-state index in [1.165, 1.54) is 6.20 Å². The van der Waals surface area contributed by atoms with Crippen LogP contribution in [0.3, 0.4) is 0 Å². The van der Waals surface area contributed by atoms with Crippen molar-refractivity contribution < 1.29 is 9.53 Å². The van der Waals surface area contributed by atoms with Gasteiger partial charge in [-0.05, 0) is 19.2 Å². The number of halogens is 2. The van der Waals surface area contributed by atoms with Crippen LogP contribution in [0.2, 0.25) is 0 Å². The molecular weight excluding hydrogens is 239 g/mol. The molecular formula is C9H14Cl2N2O2. The lowest BCUT2D eigenvalue weighted by Crippen LogP contribution is -2.17. The van der Waals surface area contributed by atoms with Gasteiger partial charge in [0.05, 0.1) is 5.56 Å². The fourth-order valence-corrected chi connectivity index (χ4v) is 0.813. The Morgan fingerprint density at radius 2 is 2.27 bits per heavy atom. The van der Waals surface area contributed by atoms with E-state index in [0.29, 0.717) is 18.7 Å². The van der Waals surface area contributed by atoms with E-state index < -0.39 is 0 Å². The van der Waals surface area contributed by atoms with Gasteiger partial charge in [0.15, 0.2) is 0 Å². The van der Waals surface area contributed by atoms with Crippen LogP contribution in [0.4, 0.5) is 0 Å². The molecule has 0 saturated carbocycles. The van der Waals surface area contributed by atoms with Gasteiger partial charge >= 0.3 is 5.97 Å². The number of pyridine rings is 1. The van der Waals surface area contributed by atoms with Crippen LogP contribution in [0.25, 0.3) is 0 Å². The number of nitrogens with zero attached hydrogens (tertiary/aromatic N) is 1. The number of carbonyl (C=O) groups excluding carboxylic acids is 1. The smallest absolute Gasteiger partial charge is 0.339 e. The Kier molecular flexibility index (Phi) is 10.7. The Morgan fingerprint density at radius 1 is 1.53 bits per heavy atom. The number of carbonyl (C=O) groups is 1. The second-order valence-corrected chi connectivity index (χ2v) is 2.48. The molecule has 0 amide bonds. The predicted molar refractivity (Wildman–Crippen MR) is 62.9 cm³/mol. The summed E-state index contributed by atoms with van der Waals surface area (Å²) in [5.41, 5.74) is 0.485. The standard InChI is InChI=1S/C9H12N2O2.2ClH/c1-10-5-6-13-9(12)8-3-2-4-11-7-8;;/h2-4,7,10H,5-6H2,1H3;2*1H. The minimum Gasteiger partial charge on any atom is -0.461 e. The summed E-state index contributed by atoms with van der Waals surface area (Å²) < 4.78 is 4.93. The molecule has 0 saturated heterocycles. The first-order valence-corrected chi connectivity index (χ1v) is 4.06. The number of rotatable bonds is 4. The number of aromatic nitrogens is 1. The summed E-state index contributed by atoms with van der Waals surface area (Å²) in [6, 6.07) is 3.38. The van der Waals surface area contributed by atoms with Crippen molar-refractivity contribution in [1.29, 1.82) is 0 Å². The van der Waals surface area contributed by atoms with Crippen molar-refractivity contribution in [2.24, 2.45) is 0 Å². The van der Waals surface area contributed by atoms with E-state index in [1.807, 2.05) is 0 Å². The summed E-state index contributed by atoms with van der Waals surface area (Å²) in [5.74, 6) is -0.330. The molecule has 1 heterocycles. The first-order chi connectivity index (χ1) is 6.34. The third-order valence-electron chi connectivity index (χ3n) is 1.48. The summed E-state index contributed by atoms with van der Waals surface area (Å²) in [5, 5.41) is 2.88. The lowest BCUT2D eigenvalue weighted by molar-refractivity contribution is 0.0510. The van der Waals surface area contributed by atoms with Crippen molar-refractivity contribution in [3.8, 4) is 0 Å². The van der Waals surface area contributed by atoms with Crippen LogP contribution in [0.5, 0.6) is 0 Å². The highest BCUT2D eigenvalue weighted by molar-refractivity contribution is 5.88.